The lowest BCUT2D eigenvalue weighted by Gasteiger charge is -2.25. The summed E-state index contributed by atoms with van der Waals surface area (Å²) < 4.78 is 8.07. The van der Waals surface area contributed by atoms with E-state index in [1.54, 1.807) is 0 Å². The fourth-order valence-corrected chi connectivity index (χ4v) is 3.75. The van der Waals surface area contributed by atoms with Gasteiger partial charge in [0.25, 0.3) is 0 Å². The van der Waals surface area contributed by atoms with Crippen molar-refractivity contribution in [1.29, 1.82) is 0 Å². The Morgan fingerprint density at radius 1 is 1.27 bits per heavy atom. The first-order valence-corrected chi connectivity index (χ1v) is 8.57. The van der Waals surface area contributed by atoms with Crippen LogP contribution in [0.1, 0.15) is 44.0 Å². The molecule has 0 bridgehead atoms. The van der Waals surface area contributed by atoms with Crippen molar-refractivity contribution < 1.29 is 9.84 Å². The molecular formula is C19H27NO2. The Morgan fingerprint density at radius 3 is 2.73 bits per heavy atom. The first kappa shape index (κ1) is 15.6. The highest BCUT2D eigenvalue weighted by Gasteiger charge is 2.20. The SMILES string of the molecule is CCc1c2ccccc2c(C)n1CC(O)CC1CCCCO1. The second kappa shape index (κ2) is 6.84. The number of benzene rings is 1. The van der Waals surface area contributed by atoms with Crippen LogP contribution in [0.15, 0.2) is 24.3 Å². The smallest absolute Gasteiger partial charge is 0.0743 e. The number of fused-ring (bicyclic) bond motifs is 1. The Balaban J connectivity index is 1.79. The molecule has 1 aromatic heterocycles. The molecule has 2 aromatic rings. The standard InChI is InChI=1S/C19H27NO2/c1-3-19-18-10-5-4-9-17(18)14(2)20(19)13-15(21)12-16-8-6-7-11-22-16/h4-5,9-10,15-16,21H,3,6-8,11-13H2,1-2H3. The second-order valence-corrected chi connectivity index (χ2v) is 6.42. The van der Waals surface area contributed by atoms with Crippen molar-refractivity contribution in [1.82, 2.24) is 4.57 Å². The first-order chi connectivity index (χ1) is 10.7. The number of aliphatic hydroxyl groups excluding tert-OH is 1. The average Bonchev–Trinajstić information content (AvgIpc) is 2.81. The molecule has 0 aliphatic carbocycles. The van der Waals surface area contributed by atoms with Crippen LogP contribution in [0.25, 0.3) is 10.8 Å². The van der Waals surface area contributed by atoms with Crippen molar-refractivity contribution in [3.8, 4) is 0 Å². The minimum atomic E-state index is -0.339. The van der Waals surface area contributed by atoms with Gasteiger partial charge >= 0.3 is 0 Å². The highest BCUT2D eigenvalue weighted by Crippen LogP contribution is 2.27. The molecule has 22 heavy (non-hydrogen) atoms. The number of aliphatic hydroxyl groups is 1. The summed E-state index contributed by atoms with van der Waals surface area (Å²) in [5, 5.41) is 13.2. The van der Waals surface area contributed by atoms with Gasteiger partial charge in [-0.15, -0.1) is 0 Å². The van der Waals surface area contributed by atoms with Crippen molar-refractivity contribution in [2.45, 2.75) is 64.7 Å². The zero-order valence-corrected chi connectivity index (χ0v) is 13.7. The van der Waals surface area contributed by atoms with Crippen molar-refractivity contribution in [2.75, 3.05) is 6.61 Å². The number of rotatable bonds is 5. The summed E-state index contributed by atoms with van der Waals surface area (Å²) in [6.45, 7) is 5.87. The molecule has 1 N–H and O–H groups in total. The van der Waals surface area contributed by atoms with E-state index in [0.29, 0.717) is 6.54 Å². The Kier molecular flexibility index (Phi) is 4.84. The summed E-state index contributed by atoms with van der Waals surface area (Å²) in [5.41, 5.74) is 2.59. The normalized spacial score (nSPS) is 20.4. The Morgan fingerprint density at radius 2 is 2.05 bits per heavy atom. The van der Waals surface area contributed by atoms with E-state index >= 15 is 0 Å². The van der Waals surface area contributed by atoms with E-state index in [2.05, 4.69) is 42.7 Å². The summed E-state index contributed by atoms with van der Waals surface area (Å²) in [4.78, 5) is 0. The molecule has 2 heterocycles. The van der Waals surface area contributed by atoms with Crippen LogP contribution >= 0.6 is 0 Å². The summed E-state index contributed by atoms with van der Waals surface area (Å²) in [6, 6.07) is 8.55. The van der Waals surface area contributed by atoms with Gasteiger partial charge in [0.05, 0.1) is 12.2 Å². The Labute approximate surface area is 132 Å². The number of aromatic nitrogens is 1. The quantitative estimate of drug-likeness (QED) is 0.910. The number of hydrogen-bond donors (Lipinski definition) is 1. The lowest BCUT2D eigenvalue weighted by atomic mass is 10.0. The second-order valence-electron chi connectivity index (χ2n) is 6.42. The summed E-state index contributed by atoms with van der Waals surface area (Å²) in [5.74, 6) is 0. The molecule has 2 atom stereocenters. The Hall–Kier alpha value is -1.32. The lowest BCUT2D eigenvalue weighted by molar-refractivity contribution is -0.0180. The number of nitrogens with zero attached hydrogens (tertiary/aromatic N) is 1. The van der Waals surface area contributed by atoms with E-state index in [4.69, 9.17) is 4.74 Å². The van der Waals surface area contributed by atoms with E-state index in [-0.39, 0.29) is 12.2 Å². The molecule has 1 saturated heterocycles. The van der Waals surface area contributed by atoms with Crippen LogP contribution in [0.5, 0.6) is 0 Å². The molecule has 3 nitrogen and oxygen atoms in total. The molecule has 0 spiro atoms. The van der Waals surface area contributed by atoms with Crippen molar-refractivity contribution in [3.05, 3.63) is 35.7 Å². The molecule has 3 heteroatoms. The van der Waals surface area contributed by atoms with E-state index in [0.717, 1.165) is 32.3 Å². The van der Waals surface area contributed by atoms with Gasteiger partial charge in [-0.05, 0) is 32.6 Å². The predicted molar refractivity (Wildman–Crippen MR) is 90.3 cm³/mol. The molecule has 0 amide bonds. The van der Waals surface area contributed by atoms with Gasteiger partial charge in [0.15, 0.2) is 0 Å². The van der Waals surface area contributed by atoms with Crippen molar-refractivity contribution in [2.24, 2.45) is 0 Å². The van der Waals surface area contributed by atoms with Crippen LogP contribution in [0, 0.1) is 6.92 Å². The first-order valence-electron chi connectivity index (χ1n) is 8.57. The van der Waals surface area contributed by atoms with Crippen molar-refractivity contribution >= 4 is 10.8 Å². The minimum Gasteiger partial charge on any atom is -0.391 e. The van der Waals surface area contributed by atoms with Crippen LogP contribution in [0.3, 0.4) is 0 Å². The zero-order valence-electron chi connectivity index (χ0n) is 13.7. The maximum absolute atomic E-state index is 10.5. The minimum absolute atomic E-state index is 0.235. The van der Waals surface area contributed by atoms with Gasteiger partial charge < -0.3 is 14.4 Å². The van der Waals surface area contributed by atoms with Crippen LogP contribution in [-0.2, 0) is 17.7 Å². The molecular weight excluding hydrogens is 274 g/mol. The molecule has 2 unspecified atom stereocenters. The van der Waals surface area contributed by atoms with Gasteiger partial charge in [-0.2, -0.15) is 0 Å². The number of aryl methyl sites for hydroxylation is 2. The molecule has 1 aliphatic rings. The maximum Gasteiger partial charge on any atom is 0.0743 e. The summed E-state index contributed by atoms with van der Waals surface area (Å²) in [6.07, 6.45) is 5.11. The average molecular weight is 301 g/mol. The molecule has 1 aromatic carbocycles. The fraction of sp³-hybridized carbons (Fsp3) is 0.579. The Bertz CT molecular complexity index is 626. The highest BCUT2D eigenvalue weighted by atomic mass is 16.5. The summed E-state index contributed by atoms with van der Waals surface area (Å²) >= 11 is 0. The zero-order chi connectivity index (χ0) is 15.5. The molecule has 1 fully saturated rings. The predicted octanol–water partition coefficient (Wildman–Crippen LogP) is 3.83. The van der Waals surface area contributed by atoms with Gasteiger partial charge in [-0.3, -0.25) is 0 Å². The molecule has 3 rings (SSSR count). The van der Waals surface area contributed by atoms with E-state index in [1.807, 2.05) is 0 Å². The monoisotopic (exact) mass is 301 g/mol. The summed E-state index contributed by atoms with van der Waals surface area (Å²) in [7, 11) is 0. The van der Waals surface area contributed by atoms with Gasteiger partial charge in [0.1, 0.15) is 0 Å². The van der Waals surface area contributed by atoms with E-state index in [9.17, 15) is 5.11 Å². The van der Waals surface area contributed by atoms with E-state index in [1.165, 1.54) is 28.6 Å². The largest absolute Gasteiger partial charge is 0.391 e. The number of hydrogen-bond acceptors (Lipinski definition) is 2. The molecule has 0 radical (unpaired) electrons. The molecule has 120 valence electrons. The van der Waals surface area contributed by atoms with Crippen LogP contribution in [0.4, 0.5) is 0 Å². The third-order valence-electron chi connectivity index (χ3n) is 4.90. The molecule has 0 saturated carbocycles. The third kappa shape index (κ3) is 3.06. The van der Waals surface area contributed by atoms with Gasteiger partial charge in [-0.1, -0.05) is 31.2 Å². The van der Waals surface area contributed by atoms with Gasteiger partial charge in [-0.25, -0.2) is 0 Å². The van der Waals surface area contributed by atoms with Crippen LogP contribution < -0.4 is 0 Å². The van der Waals surface area contributed by atoms with Crippen molar-refractivity contribution in [3.63, 3.8) is 0 Å². The third-order valence-corrected chi connectivity index (χ3v) is 4.90. The maximum atomic E-state index is 10.5. The van der Waals surface area contributed by atoms with Crippen LogP contribution in [-0.4, -0.2) is 28.5 Å². The highest BCUT2D eigenvalue weighted by molar-refractivity contribution is 5.88. The number of ether oxygens (including phenoxy) is 1. The van der Waals surface area contributed by atoms with Gasteiger partial charge in [0.2, 0.25) is 0 Å². The van der Waals surface area contributed by atoms with Crippen LogP contribution in [0.2, 0.25) is 0 Å². The fourth-order valence-electron chi connectivity index (χ4n) is 3.75. The van der Waals surface area contributed by atoms with E-state index < -0.39 is 0 Å². The molecule has 1 aliphatic heterocycles. The van der Waals surface area contributed by atoms with Gasteiger partial charge in [0, 0.05) is 41.7 Å². The topological polar surface area (TPSA) is 34.4 Å². The lowest BCUT2D eigenvalue weighted by Crippen LogP contribution is -2.28.